The monoisotopic (exact) mass is 315 g/mol. The maximum atomic E-state index is 12.1. The first-order chi connectivity index (χ1) is 10.6. The summed E-state index contributed by atoms with van der Waals surface area (Å²) in [7, 11) is 0. The van der Waals surface area contributed by atoms with Crippen LogP contribution in [-0.4, -0.2) is 16.9 Å². The molecule has 22 heavy (non-hydrogen) atoms. The molecule has 4 nitrogen and oxygen atoms in total. The lowest BCUT2D eigenvalue weighted by molar-refractivity contribution is -0.116. The van der Waals surface area contributed by atoms with Crippen LogP contribution in [0.15, 0.2) is 24.3 Å². The van der Waals surface area contributed by atoms with Crippen molar-refractivity contribution in [2.24, 2.45) is 5.73 Å². The maximum Gasteiger partial charge on any atom is 0.226 e. The first kappa shape index (κ1) is 15.2. The predicted molar refractivity (Wildman–Crippen MR) is 90.2 cm³/mol. The number of aromatic nitrogens is 1. The lowest BCUT2D eigenvalue weighted by atomic mass is 9.99. The number of anilines is 1. The lowest BCUT2D eigenvalue weighted by Gasteiger charge is -2.15. The molecule has 1 aromatic heterocycles. The van der Waals surface area contributed by atoms with Gasteiger partial charge in [-0.1, -0.05) is 29.8 Å². The number of hydrogen-bond acceptors (Lipinski definition) is 4. The second kappa shape index (κ2) is 6.58. The van der Waals surface area contributed by atoms with E-state index in [4.69, 9.17) is 5.73 Å². The van der Waals surface area contributed by atoms with Crippen molar-refractivity contribution in [1.29, 1.82) is 0 Å². The zero-order valence-corrected chi connectivity index (χ0v) is 13.6. The van der Waals surface area contributed by atoms with Gasteiger partial charge in [-0.3, -0.25) is 4.79 Å². The summed E-state index contributed by atoms with van der Waals surface area (Å²) in [5, 5.41) is 3.64. The molecular formula is C17H21N3OS. The molecule has 0 aliphatic heterocycles. The van der Waals surface area contributed by atoms with E-state index in [-0.39, 0.29) is 11.9 Å². The van der Waals surface area contributed by atoms with E-state index in [1.54, 1.807) is 11.3 Å². The summed E-state index contributed by atoms with van der Waals surface area (Å²) >= 11 is 1.57. The van der Waals surface area contributed by atoms with E-state index in [0.717, 1.165) is 31.4 Å². The fourth-order valence-corrected chi connectivity index (χ4v) is 3.77. The highest BCUT2D eigenvalue weighted by Gasteiger charge is 2.20. The topological polar surface area (TPSA) is 68.0 Å². The highest BCUT2D eigenvalue weighted by atomic mass is 32.1. The average molecular weight is 315 g/mol. The Hall–Kier alpha value is -1.72. The molecule has 2 aromatic rings. The second-order valence-electron chi connectivity index (χ2n) is 5.93. The fourth-order valence-electron chi connectivity index (χ4n) is 2.65. The zero-order valence-electron chi connectivity index (χ0n) is 12.8. The van der Waals surface area contributed by atoms with Crippen LogP contribution in [0.4, 0.5) is 5.13 Å². The largest absolute Gasteiger partial charge is 0.327 e. The molecule has 116 valence electrons. The van der Waals surface area contributed by atoms with Gasteiger partial charge in [0.05, 0.1) is 5.69 Å². The van der Waals surface area contributed by atoms with Crippen molar-refractivity contribution in [1.82, 2.24) is 4.98 Å². The molecule has 5 heteroatoms. The van der Waals surface area contributed by atoms with Crippen LogP contribution in [-0.2, 0) is 24.1 Å². The van der Waals surface area contributed by atoms with Gasteiger partial charge in [0.15, 0.2) is 5.13 Å². The van der Waals surface area contributed by atoms with E-state index in [1.165, 1.54) is 16.0 Å². The third kappa shape index (κ3) is 3.72. The molecule has 3 N–H and O–H groups in total. The Morgan fingerprint density at radius 3 is 2.95 bits per heavy atom. The Bertz CT molecular complexity index is 663. The SMILES string of the molecule is Cc1ccc(CCC(=O)Nc2nc3c(s2)C[C@@H](N)CC3)cc1. The van der Waals surface area contributed by atoms with Gasteiger partial charge in [-0.15, -0.1) is 11.3 Å². The molecular weight excluding hydrogens is 294 g/mol. The number of nitrogens with zero attached hydrogens (tertiary/aromatic N) is 1. The standard InChI is InChI=1S/C17H21N3OS/c1-11-2-4-12(5-3-11)6-9-16(21)20-17-19-14-8-7-13(18)10-15(14)22-17/h2-5,13H,6-10,18H2,1H3,(H,19,20,21)/t13-/m0/s1. The van der Waals surface area contributed by atoms with Gasteiger partial charge in [0, 0.05) is 17.3 Å². The normalized spacial score (nSPS) is 17.1. The minimum absolute atomic E-state index is 0.0240. The van der Waals surface area contributed by atoms with Crippen LogP contribution in [0.1, 0.15) is 34.5 Å². The minimum atomic E-state index is 0.0240. The Morgan fingerprint density at radius 1 is 1.41 bits per heavy atom. The van der Waals surface area contributed by atoms with Gasteiger partial charge in [0.1, 0.15) is 0 Å². The van der Waals surface area contributed by atoms with Gasteiger partial charge in [0.25, 0.3) is 0 Å². The van der Waals surface area contributed by atoms with Gasteiger partial charge in [-0.05, 0) is 38.2 Å². The van der Waals surface area contributed by atoms with E-state index < -0.39 is 0 Å². The van der Waals surface area contributed by atoms with Gasteiger partial charge >= 0.3 is 0 Å². The summed E-state index contributed by atoms with van der Waals surface area (Å²) < 4.78 is 0. The molecule has 1 aromatic carbocycles. The molecule has 1 amide bonds. The maximum absolute atomic E-state index is 12.1. The van der Waals surface area contributed by atoms with Crippen LogP contribution in [0.5, 0.6) is 0 Å². The summed E-state index contributed by atoms with van der Waals surface area (Å²) in [5.41, 5.74) is 9.51. The van der Waals surface area contributed by atoms with Crippen LogP contribution in [0.25, 0.3) is 0 Å². The second-order valence-corrected chi connectivity index (χ2v) is 7.01. The molecule has 0 spiro atoms. The molecule has 0 fully saturated rings. The summed E-state index contributed by atoms with van der Waals surface area (Å²) in [6.45, 7) is 2.06. The van der Waals surface area contributed by atoms with Crippen molar-refractivity contribution in [3.8, 4) is 0 Å². The van der Waals surface area contributed by atoms with E-state index in [1.807, 2.05) is 0 Å². The van der Waals surface area contributed by atoms with Crippen molar-refractivity contribution in [3.05, 3.63) is 46.0 Å². The van der Waals surface area contributed by atoms with Crippen LogP contribution in [0.3, 0.4) is 0 Å². The molecule has 1 atom stereocenters. The number of thiazole rings is 1. The molecule has 0 unspecified atom stereocenters. The number of aryl methyl sites for hydroxylation is 3. The van der Waals surface area contributed by atoms with E-state index in [0.29, 0.717) is 11.6 Å². The van der Waals surface area contributed by atoms with Crippen LogP contribution in [0, 0.1) is 6.92 Å². The third-order valence-corrected chi connectivity index (χ3v) is 5.02. The quantitative estimate of drug-likeness (QED) is 0.911. The van der Waals surface area contributed by atoms with Crippen molar-refractivity contribution in [2.75, 3.05) is 5.32 Å². The number of carbonyl (C=O) groups is 1. The number of nitrogens with one attached hydrogen (secondary N) is 1. The number of fused-ring (bicyclic) bond motifs is 1. The number of carbonyl (C=O) groups excluding carboxylic acids is 1. The molecule has 1 aliphatic rings. The molecule has 0 saturated carbocycles. The smallest absolute Gasteiger partial charge is 0.226 e. The van der Waals surface area contributed by atoms with Crippen molar-refractivity contribution in [3.63, 3.8) is 0 Å². The fraction of sp³-hybridized carbons (Fsp3) is 0.412. The summed E-state index contributed by atoms with van der Waals surface area (Å²) in [6, 6.07) is 8.53. The molecule has 0 radical (unpaired) electrons. The zero-order chi connectivity index (χ0) is 15.5. The Morgan fingerprint density at radius 2 is 2.18 bits per heavy atom. The van der Waals surface area contributed by atoms with Crippen LogP contribution < -0.4 is 11.1 Å². The number of hydrogen-bond donors (Lipinski definition) is 2. The van der Waals surface area contributed by atoms with Gasteiger partial charge in [-0.2, -0.15) is 0 Å². The summed E-state index contributed by atoms with van der Waals surface area (Å²) in [6.07, 6.45) is 4.02. The van der Waals surface area contributed by atoms with Crippen molar-refractivity contribution >= 4 is 22.4 Å². The van der Waals surface area contributed by atoms with Crippen LogP contribution in [0.2, 0.25) is 0 Å². The Balaban J connectivity index is 1.54. The molecule has 3 rings (SSSR count). The van der Waals surface area contributed by atoms with Crippen molar-refractivity contribution < 1.29 is 4.79 Å². The summed E-state index contributed by atoms with van der Waals surface area (Å²) in [4.78, 5) is 17.8. The van der Waals surface area contributed by atoms with E-state index in [9.17, 15) is 4.79 Å². The third-order valence-electron chi connectivity index (χ3n) is 3.99. The number of nitrogens with two attached hydrogens (primary N) is 1. The number of rotatable bonds is 4. The Kier molecular flexibility index (Phi) is 4.55. The first-order valence-electron chi connectivity index (χ1n) is 7.69. The molecule has 1 heterocycles. The van der Waals surface area contributed by atoms with Gasteiger partial charge < -0.3 is 11.1 Å². The predicted octanol–water partition coefficient (Wildman–Crippen LogP) is 2.84. The summed E-state index contributed by atoms with van der Waals surface area (Å²) in [5.74, 6) is 0.0240. The Labute approximate surface area is 134 Å². The molecule has 0 saturated heterocycles. The average Bonchev–Trinajstić information content (AvgIpc) is 2.88. The van der Waals surface area contributed by atoms with Gasteiger partial charge in [-0.25, -0.2) is 4.98 Å². The first-order valence-corrected chi connectivity index (χ1v) is 8.51. The number of benzene rings is 1. The van der Waals surface area contributed by atoms with Crippen LogP contribution >= 0.6 is 11.3 Å². The van der Waals surface area contributed by atoms with E-state index >= 15 is 0 Å². The van der Waals surface area contributed by atoms with Gasteiger partial charge in [0.2, 0.25) is 5.91 Å². The number of amides is 1. The highest BCUT2D eigenvalue weighted by Crippen LogP contribution is 2.29. The minimum Gasteiger partial charge on any atom is -0.327 e. The molecule has 0 bridgehead atoms. The van der Waals surface area contributed by atoms with E-state index in [2.05, 4.69) is 41.5 Å². The molecule has 1 aliphatic carbocycles. The highest BCUT2D eigenvalue weighted by molar-refractivity contribution is 7.15. The lowest BCUT2D eigenvalue weighted by Crippen LogP contribution is -2.27. The van der Waals surface area contributed by atoms with Crippen molar-refractivity contribution in [2.45, 2.75) is 45.1 Å².